The van der Waals surface area contributed by atoms with Gasteiger partial charge in [-0.25, -0.2) is 4.98 Å². The number of aromatic nitrogens is 1. The molecule has 0 aromatic carbocycles. The van der Waals surface area contributed by atoms with Crippen molar-refractivity contribution in [3.05, 3.63) is 23.4 Å². The van der Waals surface area contributed by atoms with Crippen LogP contribution in [0, 0.1) is 6.92 Å². The van der Waals surface area contributed by atoms with Crippen molar-refractivity contribution in [2.45, 2.75) is 26.8 Å². The van der Waals surface area contributed by atoms with Crippen LogP contribution in [0.5, 0.6) is 0 Å². The van der Waals surface area contributed by atoms with Crippen LogP contribution in [-0.2, 0) is 4.79 Å². The minimum Gasteiger partial charge on any atom is -0.480 e. The number of hydrogen-bond donors (Lipinski definition) is 2. The first-order valence-corrected chi connectivity index (χ1v) is 5.58. The van der Waals surface area contributed by atoms with Crippen molar-refractivity contribution in [3.63, 3.8) is 0 Å². The first-order valence-electron chi connectivity index (χ1n) is 5.58. The summed E-state index contributed by atoms with van der Waals surface area (Å²) in [6.45, 7) is 5.18. The Bertz CT molecular complexity index is 472. The van der Waals surface area contributed by atoms with Crippen molar-refractivity contribution in [3.8, 4) is 0 Å². The van der Waals surface area contributed by atoms with Gasteiger partial charge >= 0.3 is 5.97 Å². The molecule has 1 aromatic rings. The van der Waals surface area contributed by atoms with E-state index in [0.717, 1.165) is 0 Å². The van der Waals surface area contributed by atoms with Crippen LogP contribution < -0.4 is 10.6 Å². The molecule has 98 valence electrons. The molecule has 0 radical (unpaired) electrons. The molecule has 0 aliphatic heterocycles. The van der Waals surface area contributed by atoms with Gasteiger partial charge < -0.3 is 15.7 Å². The second-order valence-electron chi connectivity index (χ2n) is 4.31. The molecule has 0 aliphatic rings. The Morgan fingerprint density at radius 3 is 2.56 bits per heavy atom. The van der Waals surface area contributed by atoms with Gasteiger partial charge in [-0.05, 0) is 32.4 Å². The third-order valence-corrected chi connectivity index (χ3v) is 2.59. The third-order valence-electron chi connectivity index (χ3n) is 2.59. The number of carbonyl (C=O) groups excluding carboxylic acids is 1. The molecular weight excluding hydrogens is 234 g/mol. The van der Waals surface area contributed by atoms with Gasteiger partial charge in [-0.2, -0.15) is 0 Å². The van der Waals surface area contributed by atoms with Crippen molar-refractivity contribution >= 4 is 17.7 Å². The van der Waals surface area contributed by atoms with E-state index < -0.39 is 11.9 Å². The number of rotatable bonds is 5. The Kier molecular flexibility index (Phi) is 4.25. The summed E-state index contributed by atoms with van der Waals surface area (Å²) in [5.74, 6) is -1.27. The molecule has 6 heteroatoms. The van der Waals surface area contributed by atoms with Gasteiger partial charge in [0, 0.05) is 12.2 Å². The highest BCUT2D eigenvalue weighted by molar-refractivity contribution is 5.99. The van der Waals surface area contributed by atoms with Crippen LogP contribution in [-0.4, -0.2) is 34.6 Å². The number of hydrogen-bond acceptors (Lipinski definition) is 4. The van der Waals surface area contributed by atoms with Gasteiger partial charge in [0.15, 0.2) is 0 Å². The standard InChI is InChI=1S/C12H17N3O3/c1-7(2)15(6-9(16)17)12-10(11(13)18)8(3)4-5-14-12/h4-5,7H,6H2,1-3H3,(H2,13,18)(H,16,17). The van der Waals surface area contributed by atoms with Gasteiger partial charge in [0.1, 0.15) is 12.4 Å². The van der Waals surface area contributed by atoms with E-state index in [4.69, 9.17) is 10.8 Å². The summed E-state index contributed by atoms with van der Waals surface area (Å²) in [6, 6.07) is 1.57. The largest absolute Gasteiger partial charge is 0.480 e. The number of amides is 1. The lowest BCUT2D eigenvalue weighted by molar-refractivity contribution is -0.135. The predicted molar refractivity (Wildman–Crippen MR) is 67.6 cm³/mol. The molecule has 1 rings (SSSR count). The first kappa shape index (κ1) is 14.0. The smallest absolute Gasteiger partial charge is 0.323 e. The number of primary amides is 1. The molecule has 0 fully saturated rings. The summed E-state index contributed by atoms with van der Waals surface area (Å²) >= 11 is 0. The number of carboxylic acids is 1. The van der Waals surface area contributed by atoms with Crippen LogP contribution in [0.15, 0.2) is 12.3 Å². The lowest BCUT2D eigenvalue weighted by atomic mass is 10.1. The maximum Gasteiger partial charge on any atom is 0.323 e. The Morgan fingerprint density at radius 1 is 1.50 bits per heavy atom. The van der Waals surface area contributed by atoms with E-state index in [1.807, 2.05) is 13.8 Å². The molecule has 0 unspecified atom stereocenters. The lowest BCUT2D eigenvalue weighted by Gasteiger charge is -2.27. The minimum atomic E-state index is -0.984. The van der Waals surface area contributed by atoms with Gasteiger partial charge in [0.05, 0.1) is 5.56 Å². The fourth-order valence-corrected chi connectivity index (χ4v) is 1.71. The molecule has 18 heavy (non-hydrogen) atoms. The lowest BCUT2D eigenvalue weighted by Crippen LogP contribution is -2.38. The van der Waals surface area contributed by atoms with Gasteiger partial charge in [-0.3, -0.25) is 9.59 Å². The summed E-state index contributed by atoms with van der Waals surface area (Å²) in [5.41, 5.74) is 6.29. The number of aryl methyl sites for hydroxylation is 1. The number of nitrogens with zero attached hydrogens (tertiary/aromatic N) is 2. The number of anilines is 1. The Morgan fingerprint density at radius 2 is 2.11 bits per heavy atom. The van der Waals surface area contributed by atoms with Crippen molar-refractivity contribution in [1.82, 2.24) is 4.98 Å². The van der Waals surface area contributed by atoms with Crippen molar-refractivity contribution in [2.75, 3.05) is 11.4 Å². The van der Waals surface area contributed by atoms with Crippen molar-refractivity contribution in [2.24, 2.45) is 5.73 Å². The molecule has 0 spiro atoms. The molecule has 1 heterocycles. The fraction of sp³-hybridized carbons (Fsp3) is 0.417. The summed E-state index contributed by atoms with van der Waals surface area (Å²) in [6.07, 6.45) is 1.54. The highest BCUT2D eigenvalue weighted by Gasteiger charge is 2.22. The van der Waals surface area contributed by atoms with E-state index in [1.54, 1.807) is 13.0 Å². The van der Waals surface area contributed by atoms with E-state index in [1.165, 1.54) is 11.1 Å². The number of nitrogens with two attached hydrogens (primary N) is 1. The zero-order valence-electron chi connectivity index (χ0n) is 10.7. The highest BCUT2D eigenvalue weighted by atomic mass is 16.4. The SMILES string of the molecule is Cc1ccnc(N(CC(=O)O)C(C)C)c1C(N)=O. The molecular formula is C12H17N3O3. The molecule has 3 N–H and O–H groups in total. The van der Waals surface area contributed by atoms with Crippen LogP contribution in [0.2, 0.25) is 0 Å². The molecule has 1 amide bonds. The van der Waals surface area contributed by atoms with E-state index in [2.05, 4.69) is 4.98 Å². The van der Waals surface area contributed by atoms with Crippen molar-refractivity contribution in [1.29, 1.82) is 0 Å². The van der Waals surface area contributed by atoms with E-state index in [-0.39, 0.29) is 18.2 Å². The topological polar surface area (TPSA) is 96.5 Å². The average molecular weight is 251 g/mol. The fourth-order valence-electron chi connectivity index (χ4n) is 1.71. The molecule has 6 nitrogen and oxygen atoms in total. The Labute approximate surface area is 105 Å². The van der Waals surface area contributed by atoms with Crippen molar-refractivity contribution < 1.29 is 14.7 Å². The zero-order chi connectivity index (χ0) is 13.9. The predicted octanol–water partition coefficient (Wildman–Crippen LogP) is 0.788. The minimum absolute atomic E-state index is 0.103. The number of pyridine rings is 1. The summed E-state index contributed by atoms with van der Waals surface area (Å²) < 4.78 is 0. The summed E-state index contributed by atoms with van der Waals surface area (Å²) in [4.78, 5) is 28.0. The van der Waals surface area contributed by atoms with Crippen LogP contribution in [0.3, 0.4) is 0 Å². The van der Waals surface area contributed by atoms with Gasteiger partial charge in [0.25, 0.3) is 5.91 Å². The normalized spacial score (nSPS) is 10.4. The molecule has 1 aromatic heterocycles. The van der Waals surface area contributed by atoms with E-state index in [9.17, 15) is 9.59 Å². The van der Waals surface area contributed by atoms with Crippen LogP contribution in [0.4, 0.5) is 5.82 Å². The summed E-state index contributed by atoms with van der Waals surface area (Å²) in [7, 11) is 0. The highest BCUT2D eigenvalue weighted by Crippen LogP contribution is 2.22. The average Bonchev–Trinajstić information content (AvgIpc) is 2.24. The van der Waals surface area contributed by atoms with Gasteiger partial charge in [-0.1, -0.05) is 0 Å². The molecule has 0 saturated carbocycles. The zero-order valence-corrected chi connectivity index (χ0v) is 10.7. The van der Waals surface area contributed by atoms with E-state index in [0.29, 0.717) is 11.4 Å². The molecule has 0 aliphatic carbocycles. The first-order chi connectivity index (χ1) is 8.34. The number of aliphatic carboxylic acids is 1. The second kappa shape index (κ2) is 5.48. The second-order valence-corrected chi connectivity index (χ2v) is 4.31. The van der Waals surface area contributed by atoms with E-state index >= 15 is 0 Å². The Balaban J connectivity index is 3.32. The number of carboxylic acid groups (broad SMARTS) is 1. The van der Waals surface area contributed by atoms with Crippen LogP contribution >= 0.6 is 0 Å². The summed E-state index contributed by atoms with van der Waals surface area (Å²) in [5, 5.41) is 8.91. The quantitative estimate of drug-likeness (QED) is 0.806. The molecule has 0 saturated heterocycles. The maximum atomic E-state index is 11.5. The van der Waals surface area contributed by atoms with Gasteiger partial charge in [-0.15, -0.1) is 0 Å². The maximum absolute atomic E-state index is 11.5. The van der Waals surface area contributed by atoms with Gasteiger partial charge in [0.2, 0.25) is 0 Å². The third kappa shape index (κ3) is 2.97. The monoisotopic (exact) mass is 251 g/mol. The van der Waals surface area contributed by atoms with Crippen LogP contribution in [0.25, 0.3) is 0 Å². The molecule has 0 bridgehead atoms. The molecule has 0 atom stereocenters. The van der Waals surface area contributed by atoms with Crippen LogP contribution in [0.1, 0.15) is 29.8 Å². The number of carbonyl (C=O) groups is 2. The Hall–Kier alpha value is -2.11.